The molecule has 0 aliphatic heterocycles. The second-order valence-corrected chi connectivity index (χ2v) is 8.57. The van der Waals surface area contributed by atoms with Crippen LogP contribution in [-0.2, 0) is 9.59 Å². The van der Waals surface area contributed by atoms with Crippen LogP contribution in [0.3, 0.4) is 0 Å². The fraction of sp³-hybridized carbons (Fsp3) is 0.296. The van der Waals surface area contributed by atoms with Crippen LogP contribution in [0.4, 0.5) is 10.1 Å². The summed E-state index contributed by atoms with van der Waals surface area (Å²) in [5.41, 5.74) is 0.668. The van der Waals surface area contributed by atoms with E-state index < -0.39 is 36.1 Å². The molecule has 1 aliphatic carbocycles. The molecule has 9 heteroatoms. The van der Waals surface area contributed by atoms with Crippen molar-refractivity contribution >= 4 is 23.4 Å². The van der Waals surface area contributed by atoms with Gasteiger partial charge in [-0.25, -0.2) is 4.39 Å². The number of rotatable bonds is 9. The molecule has 1 aliphatic rings. The van der Waals surface area contributed by atoms with Crippen molar-refractivity contribution < 1.29 is 27.9 Å². The van der Waals surface area contributed by atoms with Gasteiger partial charge >= 0.3 is 0 Å². The molecule has 188 valence electrons. The number of ether oxygens (including phenoxy) is 1. The van der Waals surface area contributed by atoms with E-state index >= 15 is 0 Å². The standard InChI is InChI=1S/C27H28FN3O5/c1-35-22-12-4-7-18(15-22)25(27(34)30-20-9-2-3-10-20)31(21-11-5-8-19(28)16-21)24(32)17-29-26(33)23-13-6-14-36-23/h4-8,11-16,20,25H,2-3,9-10,17H2,1H3,(H,29,33)(H,30,34). The van der Waals surface area contributed by atoms with Crippen molar-refractivity contribution in [1.29, 1.82) is 0 Å². The maximum atomic E-state index is 14.3. The normalized spacial score (nSPS) is 14.2. The van der Waals surface area contributed by atoms with Gasteiger partial charge in [0, 0.05) is 11.7 Å². The lowest BCUT2D eigenvalue weighted by Crippen LogP contribution is -2.49. The molecule has 3 amide bonds. The van der Waals surface area contributed by atoms with E-state index in [-0.39, 0.29) is 17.5 Å². The molecular formula is C27H28FN3O5. The molecule has 8 nitrogen and oxygen atoms in total. The SMILES string of the molecule is COc1cccc(C(C(=O)NC2CCCC2)N(C(=O)CNC(=O)c2ccco2)c2cccc(F)c2)c1. The summed E-state index contributed by atoms with van der Waals surface area (Å²) in [5, 5.41) is 5.57. The van der Waals surface area contributed by atoms with Crippen molar-refractivity contribution in [1.82, 2.24) is 10.6 Å². The highest BCUT2D eigenvalue weighted by Gasteiger charge is 2.35. The molecule has 0 radical (unpaired) electrons. The predicted molar refractivity (Wildman–Crippen MR) is 131 cm³/mol. The number of halogens is 1. The first-order valence-corrected chi connectivity index (χ1v) is 11.8. The van der Waals surface area contributed by atoms with Crippen molar-refractivity contribution in [2.75, 3.05) is 18.6 Å². The summed E-state index contributed by atoms with van der Waals surface area (Å²) in [4.78, 5) is 40.9. The smallest absolute Gasteiger partial charge is 0.287 e. The zero-order valence-electron chi connectivity index (χ0n) is 19.9. The van der Waals surface area contributed by atoms with Gasteiger partial charge in [-0.05, 0) is 60.9 Å². The number of carbonyl (C=O) groups excluding carboxylic acids is 3. The van der Waals surface area contributed by atoms with E-state index in [2.05, 4.69) is 10.6 Å². The summed E-state index contributed by atoms with van der Waals surface area (Å²) in [5.74, 6) is -1.60. The van der Waals surface area contributed by atoms with E-state index in [1.807, 2.05) is 0 Å². The van der Waals surface area contributed by atoms with Gasteiger partial charge in [0.2, 0.25) is 11.8 Å². The van der Waals surface area contributed by atoms with E-state index in [1.165, 1.54) is 42.5 Å². The van der Waals surface area contributed by atoms with E-state index in [0.29, 0.717) is 11.3 Å². The monoisotopic (exact) mass is 493 g/mol. The number of amides is 3. The van der Waals surface area contributed by atoms with Gasteiger partial charge in [0.1, 0.15) is 17.6 Å². The second kappa shape index (κ2) is 11.5. The number of anilines is 1. The molecule has 2 N–H and O–H groups in total. The molecule has 0 bridgehead atoms. The molecule has 4 rings (SSSR count). The second-order valence-electron chi connectivity index (χ2n) is 8.57. The van der Waals surface area contributed by atoms with Crippen LogP contribution in [-0.4, -0.2) is 37.4 Å². The van der Waals surface area contributed by atoms with Gasteiger partial charge in [-0.3, -0.25) is 19.3 Å². The average molecular weight is 494 g/mol. The van der Waals surface area contributed by atoms with Gasteiger partial charge in [0.15, 0.2) is 5.76 Å². The highest BCUT2D eigenvalue weighted by atomic mass is 19.1. The molecule has 2 aromatic carbocycles. The minimum Gasteiger partial charge on any atom is -0.497 e. The fourth-order valence-electron chi connectivity index (χ4n) is 4.38. The van der Waals surface area contributed by atoms with Crippen LogP contribution in [0.1, 0.15) is 47.8 Å². The Morgan fingerprint density at radius 3 is 2.56 bits per heavy atom. The van der Waals surface area contributed by atoms with Crippen LogP contribution >= 0.6 is 0 Å². The highest BCUT2D eigenvalue weighted by molar-refractivity contribution is 6.04. The van der Waals surface area contributed by atoms with Crippen LogP contribution in [0, 0.1) is 5.82 Å². The molecule has 1 fully saturated rings. The summed E-state index contributed by atoms with van der Waals surface area (Å²) >= 11 is 0. The Balaban J connectivity index is 1.70. The molecule has 1 aromatic heterocycles. The number of nitrogens with one attached hydrogen (secondary N) is 2. The maximum absolute atomic E-state index is 14.3. The van der Waals surface area contributed by atoms with Gasteiger partial charge < -0.3 is 19.8 Å². The Morgan fingerprint density at radius 2 is 1.86 bits per heavy atom. The van der Waals surface area contributed by atoms with E-state index in [4.69, 9.17) is 9.15 Å². The first-order valence-electron chi connectivity index (χ1n) is 11.8. The molecule has 36 heavy (non-hydrogen) atoms. The van der Waals surface area contributed by atoms with Gasteiger partial charge in [-0.1, -0.05) is 31.0 Å². The first-order chi connectivity index (χ1) is 17.5. The lowest BCUT2D eigenvalue weighted by molar-refractivity contribution is -0.126. The zero-order chi connectivity index (χ0) is 25.5. The van der Waals surface area contributed by atoms with Crippen molar-refractivity contribution in [2.24, 2.45) is 0 Å². The number of benzene rings is 2. The van der Waals surface area contributed by atoms with Crippen LogP contribution < -0.4 is 20.3 Å². The number of methoxy groups -OCH3 is 1. The van der Waals surface area contributed by atoms with Gasteiger partial charge in [-0.15, -0.1) is 0 Å². The zero-order valence-corrected chi connectivity index (χ0v) is 19.9. The van der Waals surface area contributed by atoms with Crippen molar-refractivity contribution in [3.8, 4) is 5.75 Å². The molecule has 1 unspecified atom stereocenters. The summed E-state index contributed by atoms with van der Waals surface area (Å²) in [7, 11) is 1.51. The molecule has 1 saturated carbocycles. The Kier molecular flexibility index (Phi) is 7.99. The first kappa shape index (κ1) is 25.0. The summed E-state index contributed by atoms with van der Waals surface area (Å²) in [6, 6.07) is 14.2. The average Bonchev–Trinajstić information content (AvgIpc) is 3.60. The van der Waals surface area contributed by atoms with E-state index in [0.717, 1.165) is 25.7 Å². The van der Waals surface area contributed by atoms with Gasteiger partial charge in [0.25, 0.3) is 5.91 Å². The Labute approximate surface area is 208 Å². The van der Waals surface area contributed by atoms with E-state index in [9.17, 15) is 18.8 Å². The number of hydrogen-bond acceptors (Lipinski definition) is 5. The lowest BCUT2D eigenvalue weighted by atomic mass is 10.0. The number of hydrogen-bond donors (Lipinski definition) is 2. The summed E-state index contributed by atoms with van der Waals surface area (Å²) < 4.78 is 24.7. The lowest BCUT2D eigenvalue weighted by Gasteiger charge is -2.32. The Morgan fingerprint density at radius 1 is 1.08 bits per heavy atom. The molecular weight excluding hydrogens is 465 g/mol. The summed E-state index contributed by atoms with van der Waals surface area (Å²) in [6.07, 6.45) is 5.08. The third-order valence-electron chi connectivity index (χ3n) is 6.12. The molecule has 0 spiro atoms. The molecule has 1 heterocycles. The molecule has 0 saturated heterocycles. The topological polar surface area (TPSA) is 101 Å². The van der Waals surface area contributed by atoms with Crippen molar-refractivity contribution in [3.63, 3.8) is 0 Å². The quantitative estimate of drug-likeness (QED) is 0.470. The van der Waals surface area contributed by atoms with Gasteiger partial charge in [0.05, 0.1) is 19.9 Å². The Bertz CT molecular complexity index is 1210. The van der Waals surface area contributed by atoms with Crippen molar-refractivity contribution in [3.05, 3.63) is 84.1 Å². The number of carbonyl (C=O) groups is 3. The third kappa shape index (κ3) is 5.91. The van der Waals surface area contributed by atoms with Crippen LogP contribution in [0.5, 0.6) is 5.75 Å². The largest absolute Gasteiger partial charge is 0.497 e. The third-order valence-corrected chi connectivity index (χ3v) is 6.12. The maximum Gasteiger partial charge on any atom is 0.287 e. The van der Waals surface area contributed by atoms with Crippen LogP contribution in [0.2, 0.25) is 0 Å². The molecule has 1 atom stereocenters. The van der Waals surface area contributed by atoms with Gasteiger partial charge in [-0.2, -0.15) is 0 Å². The number of nitrogens with zero attached hydrogens (tertiary/aromatic N) is 1. The van der Waals surface area contributed by atoms with Crippen LogP contribution in [0.15, 0.2) is 71.3 Å². The number of furan rings is 1. The highest BCUT2D eigenvalue weighted by Crippen LogP contribution is 2.31. The van der Waals surface area contributed by atoms with E-state index in [1.54, 1.807) is 36.4 Å². The van der Waals surface area contributed by atoms with Crippen LogP contribution in [0.25, 0.3) is 0 Å². The fourth-order valence-corrected chi connectivity index (χ4v) is 4.38. The van der Waals surface area contributed by atoms with Crippen molar-refractivity contribution in [2.45, 2.75) is 37.8 Å². The molecule has 3 aromatic rings. The predicted octanol–water partition coefficient (Wildman–Crippen LogP) is 3.99. The minimum atomic E-state index is -1.13. The minimum absolute atomic E-state index is 0.00581. The summed E-state index contributed by atoms with van der Waals surface area (Å²) in [6.45, 7) is -0.437. The Hall–Kier alpha value is -4.14.